The molecule has 3 rings (SSSR count). The fourth-order valence-corrected chi connectivity index (χ4v) is 2.67. The number of carbonyl (C=O) groups excluding carboxylic acids is 1. The molecule has 1 N–H and O–H groups in total. The van der Waals surface area contributed by atoms with Crippen LogP contribution < -0.4 is 5.32 Å². The first-order valence-electron chi connectivity index (χ1n) is 8.11. The maximum Gasteiger partial charge on any atom is 0.416 e. The molecular formula is C18H17F3N4O. The van der Waals surface area contributed by atoms with Crippen LogP contribution in [0.3, 0.4) is 0 Å². The van der Waals surface area contributed by atoms with E-state index < -0.39 is 17.8 Å². The first-order valence-corrected chi connectivity index (χ1v) is 8.11. The summed E-state index contributed by atoms with van der Waals surface area (Å²) in [5.74, 6) is -0.328. The Labute approximate surface area is 147 Å². The summed E-state index contributed by atoms with van der Waals surface area (Å²) in [7, 11) is 0. The molecule has 136 valence electrons. The third kappa shape index (κ3) is 3.54. The topological polar surface area (TPSA) is 59.8 Å². The Morgan fingerprint density at radius 3 is 2.50 bits per heavy atom. The van der Waals surface area contributed by atoms with E-state index in [2.05, 4.69) is 15.6 Å². The molecule has 0 saturated carbocycles. The number of amides is 1. The molecule has 26 heavy (non-hydrogen) atoms. The van der Waals surface area contributed by atoms with E-state index in [0.717, 1.165) is 17.6 Å². The highest BCUT2D eigenvalue weighted by Gasteiger charge is 2.30. The maximum atomic E-state index is 12.6. The quantitative estimate of drug-likeness (QED) is 0.764. The molecule has 3 aromatic rings. The van der Waals surface area contributed by atoms with Crippen LogP contribution in [-0.2, 0) is 12.7 Å². The number of aromatic nitrogens is 3. The van der Waals surface area contributed by atoms with Crippen LogP contribution in [0.15, 0.2) is 42.5 Å². The molecule has 1 aromatic heterocycles. The van der Waals surface area contributed by atoms with Gasteiger partial charge in [-0.1, -0.05) is 17.3 Å². The molecule has 0 fully saturated rings. The molecule has 1 amide bonds. The van der Waals surface area contributed by atoms with Crippen LogP contribution in [0.4, 0.5) is 13.2 Å². The zero-order valence-electron chi connectivity index (χ0n) is 14.2. The Morgan fingerprint density at radius 2 is 1.88 bits per heavy atom. The Balaban J connectivity index is 1.74. The molecule has 8 heteroatoms. The lowest BCUT2D eigenvalue weighted by atomic mass is 10.1. The van der Waals surface area contributed by atoms with E-state index in [-0.39, 0.29) is 5.91 Å². The number of alkyl halides is 3. The zero-order valence-corrected chi connectivity index (χ0v) is 14.2. The number of fused-ring (bicyclic) bond motifs is 1. The summed E-state index contributed by atoms with van der Waals surface area (Å²) in [6, 6.07) is 9.40. The molecule has 1 unspecified atom stereocenters. The number of rotatable bonds is 4. The van der Waals surface area contributed by atoms with E-state index in [4.69, 9.17) is 0 Å². The van der Waals surface area contributed by atoms with Gasteiger partial charge in [-0.25, -0.2) is 4.68 Å². The summed E-state index contributed by atoms with van der Waals surface area (Å²) in [5, 5.41) is 10.8. The SMILES string of the molecule is CCn1nnc2cc(C(=O)NC(C)c3ccc(C(F)(F)F)cc3)ccc21. The summed E-state index contributed by atoms with van der Waals surface area (Å²) in [6.07, 6.45) is -4.38. The van der Waals surface area contributed by atoms with Gasteiger partial charge in [0, 0.05) is 12.1 Å². The number of nitrogens with one attached hydrogen (secondary N) is 1. The van der Waals surface area contributed by atoms with Crippen molar-refractivity contribution in [3.63, 3.8) is 0 Å². The number of aryl methyl sites for hydroxylation is 1. The second kappa shape index (κ2) is 6.78. The first-order chi connectivity index (χ1) is 12.3. The minimum Gasteiger partial charge on any atom is -0.346 e. The van der Waals surface area contributed by atoms with E-state index in [1.807, 2.05) is 6.92 Å². The van der Waals surface area contributed by atoms with E-state index in [1.165, 1.54) is 12.1 Å². The summed E-state index contributed by atoms with van der Waals surface area (Å²) in [4.78, 5) is 12.4. The summed E-state index contributed by atoms with van der Waals surface area (Å²) in [5.41, 5.74) is 1.73. The fraction of sp³-hybridized carbons (Fsp3) is 0.278. The molecule has 2 aromatic carbocycles. The number of carbonyl (C=O) groups is 1. The first kappa shape index (κ1) is 17.9. The normalized spacial score (nSPS) is 13.0. The van der Waals surface area contributed by atoms with Gasteiger partial charge in [0.1, 0.15) is 5.52 Å². The Bertz CT molecular complexity index is 932. The van der Waals surface area contributed by atoms with Crippen molar-refractivity contribution in [3.05, 3.63) is 59.2 Å². The third-order valence-electron chi connectivity index (χ3n) is 4.16. The van der Waals surface area contributed by atoms with E-state index in [0.29, 0.717) is 23.2 Å². The van der Waals surface area contributed by atoms with Gasteiger partial charge in [0.05, 0.1) is 17.1 Å². The van der Waals surface area contributed by atoms with Crippen molar-refractivity contribution in [3.8, 4) is 0 Å². The number of hydrogen-bond donors (Lipinski definition) is 1. The zero-order chi connectivity index (χ0) is 18.9. The summed E-state index contributed by atoms with van der Waals surface area (Å²) >= 11 is 0. The Kier molecular flexibility index (Phi) is 4.67. The van der Waals surface area contributed by atoms with Gasteiger partial charge in [-0.2, -0.15) is 13.2 Å². The van der Waals surface area contributed by atoms with Gasteiger partial charge in [-0.15, -0.1) is 5.10 Å². The molecule has 1 atom stereocenters. The smallest absolute Gasteiger partial charge is 0.346 e. The molecular weight excluding hydrogens is 345 g/mol. The highest BCUT2D eigenvalue weighted by molar-refractivity contribution is 5.97. The van der Waals surface area contributed by atoms with Gasteiger partial charge in [-0.3, -0.25) is 4.79 Å². The molecule has 0 spiro atoms. The molecule has 0 aliphatic heterocycles. The molecule has 0 radical (unpaired) electrons. The standard InChI is InChI=1S/C18H17F3N4O/c1-3-25-16-9-6-13(10-15(16)23-24-25)17(26)22-11(2)12-4-7-14(8-5-12)18(19,20)21/h4-11H,3H2,1-2H3,(H,22,26). The highest BCUT2D eigenvalue weighted by atomic mass is 19.4. The van der Waals surface area contributed by atoms with E-state index in [1.54, 1.807) is 29.8 Å². The van der Waals surface area contributed by atoms with Crippen molar-refractivity contribution in [2.45, 2.75) is 32.6 Å². The molecule has 5 nitrogen and oxygen atoms in total. The van der Waals surface area contributed by atoms with Crippen LogP contribution in [0.25, 0.3) is 11.0 Å². The average molecular weight is 362 g/mol. The van der Waals surface area contributed by atoms with Gasteiger partial charge in [0.15, 0.2) is 0 Å². The predicted octanol–water partition coefficient (Wildman–Crippen LogP) is 3.96. The third-order valence-corrected chi connectivity index (χ3v) is 4.16. The average Bonchev–Trinajstić information content (AvgIpc) is 3.03. The van der Waals surface area contributed by atoms with Crippen LogP contribution >= 0.6 is 0 Å². The summed E-state index contributed by atoms with van der Waals surface area (Å²) < 4.78 is 39.6. The van der Waals surface area contributed by atoms with Gasteiger partial charge in [0.25, 0.3) is 5.91 Å². The van der Waals surface area contributed by atoms with Crippen LogP contribution in [0.5, 0.6) is 0 Å². The summed E-state index contributed by atoms with van der Waals surface area (Å²) in [6.45, 7) is 4.33. The van der Waals surface area contributed by atoms with Gasteiger partial charge in [-0.05, 0) is 49.7 Å². The van der Waals surface area contributed by atoms with Gasteiger partial charge in [0.2, 0.25) is 0 Å². The molecule has 0 aliphatic rings. The Hall–Kier alpha value is -2.90. The van der Waals surface area contributed by atoms with Crippen LogP contribution in [0, 0.1) is 0 Å². The molecule has 0 aliphatic carbocycles. The number of benzene rings is 2. The predicted molar refractivity (Wildman–Crippen MR) is 90.5 cm³/mol. The van der Waals surface area contributed by atoms with Crippen molar-refractivity contribution in [2.75, 3.05) is 0 Å². The highest BCUT2D eigenvalue weighted by Crippen LogP contribution is 2.30. The second-order valence-corrected chi connectivity index (χ2v) is 5.92. The molecule has 0 bridgehead atoms. The lowest BCUT2D eigenvalue weighted by molar-refractivity contribution is -0.137. The number of hydrogen-bond acceptors (Lipinski definition) is 3. The van der Waals surface area contributed by atoms with Crippen molar-refractivity contribution in [1.82, 2.24) is 20.3 Å². The number of halogens is 3. The fourth-order valence-electron chi connectivity index (χ4n) is 2.67. The minimum absolute atomic E-state index is 0.328. The molecule has 1 heterocycles. The van der Waals surface area contributed by atoms with Gasteiger partial charge >= 0.3 is 6.18 Å². The maximum absolute atomic E-state index is 12.6. The lowest BCUT2D eigenvalue weighted by Crippen LogP contribution is -2.26. The lowest BCUT2D eigenvalue weighted by Gasteiger charge is -2.15. The molecule has 0 saturated heterocycles. The monoisotopic (exact) mass is 362 g/mol. The van der Waals surface area contributed by atoms with Gasteiger partial charge < -0.3 is 5.32 Å². The van der Waals surface area contributed by atoms with E-state index >= 15 is 0 Å². The van der Waals surface area contributed by atoms with Crippen LogP contribution in [0.1, 0.15) is 41.4 Å². The van der Waals surface area contributed by atoms with Crippen LogP contribution in [-0.4, -0.2) is 20.9 Å². The second-order valence-electron chi connectivity index (χ2n) is 5.92. The van der Waals surface area contributed by atoms with Crippen molar-refractivity contribution in [1.29, 1.82) is 0 Å². The Morgan fingerprint density at radius 1 is 1.19 bits per heavy atom. The largest absolute Gasteiger partial charge is 0.416 e. The van der Waals surface area contributed by atoms with Crippen molar-refractivity contribution < 1.29 is 18.0 Å². The van der Waals surface area contributed by atoms with Crippen molar-refractivity contribution in [2.24, 2.45) is 0 Å². The van der Waals surface area contributed by atoms with E-state index in [9.17, 15) is 18.0 Å². The minimum atomic E-state index is -4.38. The number of nitrogens with zero attached hydrogens (tertiary/aromatic N) is 3. The van der Waals surface area contributed by atoms with Crippen LogP contribution in [0.2, 0.25) is 0 Å². The van der Waals surface area contributed by atoms with Crippen molar-refractivity contribution >= 4 is 16.9 Å².